The average molecular weight is 376 g/mol. The Hall–Kier alpha value is -2.61. The fourth-order valence-corrected chi connectivity index (χ4v) is 2.85. The lowest BCUT2D eigenvalue weighted by atomic mass is 10.2. The molecule has 0 unspecified atom stereocenters. The van der Waals surface area contributed by atoms with E-state index in [0.717, 1.165) is 23.5 Å². The zero-order chi connectivity index (χ0) is 18.7. The number of hydrogen-bond acceptors (Lipinski definition) is 4. The Kier molecular flexibility index (Phi) is 5.41. The minimum atomic E-state index is -0.0937. The number of carbonyl (C=O) groups excluding carboxylic acids is 1. The summed E-state index contributed by atoms with van der Waals surface area (Å²) in [5, 5.41) is 16.3. The van der Waals surface area contributed by atoms with Crippen LogP contribution in [0.2, 0.25) is 5.02 Å². The van der Waals surface area contributed by atoms with Crippen LogP contribution in [-0.2, 0) is 24.4 Å². The smallest absolute Gasteiger partial charge is 0.226 e. The van der Waals surface area contributed by atoms with Crippen molar-refractivity contribution < 1.29 is 4.79 Å². The fraction of sp³-hybridized carbons (Fsp3) is 0.412. The second kappa shape index (κ2) is 7.74. The summed E-state index contributed by atoms with van der Waals surface area (Å²) >= 11 is 5.96. The van der Waals surface area contributed by atoms with Gasteiger partial charge < -0.3 is 5.32 Å². The van der Waals surface area contributed by atoms with Crippen LogP contribution in [0.5, 0.6) is 0 Å². The van der Waals surface area contributed by atoms with Crippen LogP contribution < -0.4 is 5.32 Å². The number of aromatic nitrogens is 6. The SMILES string of the molecule is CCn1ncc(Cn2cc(NC(=O)CCn3cc(Cl)c(C)n3)cn2)c1C. The third kappa shape index (κ3) is 4.13. The van der Waals surface area contributed by atoms with Gasteiger partial charge in [-0.25, -0.2) is 0 Å². The Labute approximate surface area is 156 Å². The normalized spacial score (nSPS) is 11.1. The van der Waals surface area contributed by atoms with E-state index in [1.54, 1.807) is 21.8 Å². The predicted octanol–water partition coefficient (Wildman–Crippen LogP) is 2.64. The molecule has 138 valence electrons. The van der Waals surface area contributed by atoms with Gasteiger partial charge in [0.15, 0.2) is 0 Å². The molecule has 1 N–H and O–H groups in total. The number of anilines is 1. The highest BCUT2D eigenvalue weighted by Gasteiger charge is 2.09. The first-order valence-corrected chi connectivity index (χ1v) is 8.87. The topological polar surface area (TPSA) is 82.6 Å². The van der Waals surface area contributed by atoms with E-state index in [1.807, 2.05) is 30.9 Å². The van der Waals surface area contributed by atoms with Gasteiger partial charge >= 0.3 is 0 Å². The lowest BCUT2D eigenvalue weighted by Gasteiger charge is -2.04. The summed E-state index contributed by atoms with van der Waals surface area (Å²) in [5.74, 6) is -0.0937. The van der Waals surface area contributed by atoms with Gasteiger partial charge in [-0.05, 0) is 20.8 Å². The van der Waals surface area contributed by atoms with Gasteiger partial charge in [-0.1, -0.05) is 11.6 Å². The molecular formula is C17H22ClN7O. The third-order valence-electron chi connectivity index (χ3n) is 4.21. The Morgan fingerprint density at radius 2 is 2.00 bits per heavy atom. The highest BCUT2D eigenvalue weighted by Crippen LogP contribution is 2.13. The molecule has 3 rings (SSSR count). The van der Waals surface area contributed by atoms with Crippen LogP contribution >= 0.6 is 11.6 Å². The fourth-order valence-electron chi connectivity index (χ4n) is 2.70. The maximum atomic E-state index is 12.1. The second-order valence-electron chi connectivity index (χ2n) is 6.12. The van der Waals surface area contributed by atoms with Crippen LogP contribution in [0.25, 0.3) is 0 Å². The third-order valence-corrected chi connectivity index (χ3v) is 4.58. The molecule has 0 radical (unpaired) electrons. The maximum absolute atomic E-state index is 12.1. The monoisotopic (exact) mass is 375 g/mol. The Balaban J connectivity index is 1.54. The standard InChI is InChI=1S/C17H22ClN7O/c1-4-25-13(3)14(7-20-25)9-24-10-15(8-19-24)21-17(26)5-6-23-11-16(18)12(2)22-23/h7-8,10-11H,4-6,9H2,1-3H3,(H,21,26). The summed E-state index contributed by atoms with van der Waals surface area (Å²) in [4.78, 5) is 12.1. The molecule has 0 bridgehead atoms. The van der Waals surface area contributed by atoms with Gasteiger partial charge in [-0.3, -0.25) is 18.8 Å². The first-order chi connectivity index (χ1) is 12.5. The number of nitrogens with one attached hydrogen (secondary N) is 1. The lowest BCUT2D eigenvalue weighted by Crippen LogP contribution is -2.14. The molecular weight excluding hydrogens is 354 g/mol. The Morgan fingerprint density at radius 1 is 1.19 bits per heavy atom. The first-order valence-electron chi connectivity index (χ1n) is 8.49. The first kappa shape index (κ1) is 18.2. The van der Waals surface area contributed by atoms with Crippen molar-refractivity contribution in [2.75, 3.05) is 5.32 Å². The zero-order valence-corrected chi connectivity index (χ0v) is 15.9. The summed E-state index contributed by atoms with van der Waals surface area (Å²) in [5.41, 5.74) is 3.67. The van der Waals surface area contributed by atoms with E-state index in [4.69, 9.17) is 11.6 Å². The van der Waals surface area contributed by atoms with Crippen molar-refractivity contribution in [3.8, 4) is 0 Å². The summed E-state index contributed by atoms with van der Waals surface area (Å²) in [6, 6.07) is 0. The molecule has 0 aliphatic rings. The van der Waals surface area contributed by atoms with Gasteiger partial charge in [-0.15, -0.1) is 0 Å². The van der Waals surface area contributed by atoms with Crippen molar-refractivity contribution in [1.29, 1.82) is 0 Å². The summed E-state index contributed by atoms with van der Waals surface area (Å²) in [7, 11) is 0. The molecule has 3 aromatic rings. The minimum absolute atomic E-state index is 0.0937. The van der Waals surface area contributed by atoms with E-state index in [9.17, 15) is 4.79 Å². The van der Waals surface area contributed by atoms with Crippen LogP contribution in [0.3, 0.4) is 0 Å². The Bertz CT molecular complexity index is 889. The van der Waals surface area contributed by atoms with Gasteiger partial charge in [0, 0.05) is 43.2 Å². The molecule has 3 aromatic heterocycles. The van der Waals surface area contributed by atoms with Crippen molar-refractivity contribution in [2.24, 2.45) is 0 Å². The predicted molar refractivity (Wildman–Crippen MR) is 99.2 cm³/mol. The molecule has 0 atom stereocenters. The van der Waals surface area contributed by atoms with Gasteiger partial charge in [0.05, 0.1) is 35.3 Å². The van der Waals surface area contributed by atoms with Crippen molar-refractivity contribution in [3.63, 3.8) is 0 Å². The molecule has 0 saturated heterocycles. The summed E-state index contributed by atoms with van der Waals surface area (Å²) < 4.78 is 5.41. The average Bonchev–Trinajstić information content (AvgIpc) is 3.28. The van der Waals surface area contributed by atoms with E-state index >= 15 is 0 Å². The largest absolute Gasteiger partial charge is 0.323 e. The van der Waals surface area contributed by atoms with Crippen molar-refractivity contribution in [2.45, 2.75) is 46.8 Å². The molecule has 9 heteroatoms. The van der Waals surface area contributed by atoms with Gasteiger partial charge in [-0.2, -0.15) is 15.3 Å². The number of nitrogens with zero attached hydrogens (tertiary/aromatic N) is 6. The molecule has 0 aromatic carbocycles. The summed E-state index contributed by atoms with van der Waals surface area (Å²) in [6.45, 7) is 7.87. The molecule has 0 aliphatic carbocycles. The van der Waals surface area contributed by atoms with E-state index in [0.29, 0.717) is 30.2 Å². The van der Waals surface area contributed by atoms with Gasteiger partial charge in [0.25, 0.3) is 0 Å². The molecule has 3 heterocycles. The highest BCUT2D eigenvalue weighted by molar-refractivity contribution is 6.31. The van der Waals surface area contributed by atoms with Crippen LogP contribution in [0.15, 0.2) is 24.8 Å². The molecule has 26 heavy (non-hydrogen) atoms. The molecule has 8 nitrogen and oxygen atoms in total. The van der Waals surface area contributed by atoms with E-state index in [2.05, 4.69) is 27.5 Å². The number of carbonyl (C=O) groups is 1. The summed E-state index contributed by atoms with van der Waals surface area (Å²) in [6.07, 6.45) is 7.35. The zero-order valence-electron chi connectivity index (χ0n) is 15.1. The van der Waals surface area contributed by atoms with Crippen LogP contribution in [-0.4, -0.2) is 35.2 Å². The number of amides is 1. The Morgan fingerprint density at radius 3 is 2.65 bits per heavy atom. The van der Waals surface area contributed by atoms with Crippen molar-refractivity contribution >= 4 is 23.2 Å². The van der Waals surface area contributed by atoms with Crippen molar-refractivity contribution in [1.82, 2.24) is 29.3 Å². The van der Waals surface area contributed by atoms with Crippen LogP contribution in [0.1, 0.15) is 30.3 Å². The van der Waals surface area contributed by atoms with Crippen LogP contribution in [0, 0.1) is 13.8 Å². The molecule has 1 amide bonds. The molecule has 0 saturated carbocycles. The number of hydrogen-bond donors (Lipinski definition) is 1. The minimum Gasteiger partial charge on any atom is -0.323 e. The molecule has 0 fully saturated rings. The van der Waals surface area contributed by atoms with Gasteiger partial charge in [0.2, 0.25) is 5.91 Å². The van der Waals surface area contributed by atoms with E-state index in [1.165, 1.54) is 0 Å². The van der Waals surface area contributed by atoms with E-state index < -0.39 is 0 Å². The second-order valence-corrected chi connectivity index (χ2v) is 6.53. The highest BCUT2D eigenvalue weighted by atomic mass is 35.5. The molecule has 0 spiro atoms. The quantitative estimate of drug-likeness (QED) is 0.688. The maximum Gasteiger partial charge on any atom is 0.226 e. The number of rotatable bonds is 7. The molecule has 0 aliphatic heterocycles. The number of aryl methyl sites for hydroxylation is 3. The van der Waals surface area contributed by atoms with E-state index in [-0.39, 0.29) is 5.91 Å². The number of halogens is 1. The van der Waals surface area contributed by atoms with Crippen molar-refractivity contribution in [3.05, 3.63) is 46.8 Å². The van der Waals surface area contributed by atoms with Gasteiger partial charge in [0.1, 0.15) is 0 Å². The van der Waals surface area contributed by atoms with Crippen LogP contribution in [0.4, 0.5) is 5.69 Å². The lowest BCUT2D eigenvalue weighted by molar-refractivity contribution is -0.116.